The number of nitrogens with one attached hydrogen (secondary N) is 2. The van der Waals surface area contributed by atoms with Crippen LogP contribution in [0.4, 0.5) is 0 Å². The normalized spacial score (nSPS) is 24.8. The number of piperidine rings is 1. The number of hydrogen-bond donors (Lipinski definition) is 2. The maximum atomic E-state index is 11.4. The smallest absolute Gasteiger partial charge is 0.217 e. The second-order valence-corrected chi connectivity index (χ2v) is 5.57. The molecule has 0 aromatic heterocycles. The molecule has 0 saturated carbocycles. The molecule has 1 aliphatic heterocycles. The van der Waals surface area contributed by atoms with Crippen molar-refractivity contribution < 1.29 is 4.79 Å². The average Bonchev–Trinajstić information content (AvgIpc) is 2.65. The first-order valence-electron chi connectivity index (χ1n) is 6.78. The molecule has 3 rings (SSSR count). The number of carbonyl (C=O) groups excluding carboxylic acids is 1. The minimum Gasteiger partial charge on any atom is -0.349 e. The van der Waals surface area contributed by atoms with Crippen LogP contribution in [0.1, 0.15) is 43.4 Å². The second kappa shape index (κ2) is 4.39. The number of rotatable bonds is 1. The van der Waals surface area contributed by atoms with Crippen molar-refractivity contribution in [2.45, 2.75) is 37.6 Å². The van der Waals surface area contributed by atoms with Gasteiger partial charge in [-0.05, 0) is 43.5 Å². The third-order valence-electron chi connectivity index (χ3n) is 4.44. The number of hydrogen-bond acceptors (Lipinski definition) is 2. The molecule has 0 radical (unpaired) electrons. The third-order valence-corrected chi connectivity index (χ3v) is 4.44. The summed E-state index contributed by atoms with van der Waals surface area (Å²) in [4.78, 5) is 11.4. The van der Waals surface area contributed by atoms with Crippen molar-refractivity contribution in [1.29, 1.82) is 0 Å². The summed E-state index contributed by atoms with van der Waals surface area (Å²) in [5.41, 5.74) is 3.08. The van der Waals surface area contributed by atoms with E-state index in [9.17, 15) is 4.79 Å². The Labute approximate surface area is 108 Å². The minimum atomic E-state index is 0.0702. The van der Waals surface area contributed by atoms with Gasteiger partial charge in [-0.25, -0.2) is 0 Å². The van der Waals surface area contributed by atoms with Crippen LogP contribution >= 0.6 is 0 Å². The molecular formula is C15H20N2O. The summed E-state index contributed by atoms with van der Waals surface area (Å²) in [6.07, 6.45) is 3.42. The standard InChI is InChI=1S/C15H20N2O/c1-11(18)17-14-10-15(6-8-16-9-7-15)13-5-3-2-4-12(13)14/h2-5,14,16H,6-10H2,1H3,(H,17,18)/t14-/m0/s1. The molecule has 1 atom stereocenters. The maximum absolute atomic E-state index is 11.4. The van der Waals surface area contributed by atoms with Crippen LogP contribution in [0.5, 0.6) is 0 Å². The van der Waals surface area contributed by atoms with Gasteiger partial charge in [0.05, 0.1) is 6.04 Å². The van der Waals surface area contributed by atoms with Crippen molar-refractivity contribution in [3.8, 4) is 0 Å². The van der Waals surface area contributed by atoms with E-state index in [1.54, 1.807) is 6.92 Å². The fourth-order valence-electron chi connectivity index (χ4n) is 3.65. The van der Waals surface area contributed by atoms with Gasteiger partial charge in [0.25, 0.3) is 0 Å². The van der Waals surface area contributed by atoms with Gasteiger partial charge in [-0.1, -0.05) is 24.3 Å². The average molecular weight is 244 g/mol. The van der Waals surface area contributed by atoms with E-state index >= 15 is 0 Å². The van der Waals surface area contributed by atoms with Gasteiger partial charge in [-0.15, -0.1) is 0 Å². The predicted molar refractivity (Wildman–Crippen MR) is 71.4 cm³/mol. The third kappa shape index (κ3) is 1.83. The van der Waals surface area contributed by atoms with Gasteiger partial charge in [-0.2, -0.15) is 0 Å². The molecule has 1 saturated heterocycles. The largest absolute Gasteiger partial charge is 0.349 e. The molecule has 3 nitrogen and oxygen atoms in total. The molecule has 2 aliphatic rings. The molecule has 2 N–H and O–H groups in total. The van der Waals surface area contributed by atoms with Crippen LogP contribution in [-0.4, -0.2) is 19.0 Å². The molecule has 1 amide bonds. The molecular weight excluding hydrogens is 224 g/mol. The Kier molecular flexibility index (Phi) is 2.86. The quantitative estimate of drug-likeness (QED) is 0.792. The van der Waals surface area contributed by atoms with Gasteiger partial charge in [0.1, 0.15) is 0 Å². The van der Waals surface area contributed by atoms with Crippen molar-refractivity contribution in [3.05, 3.63) is 35.4 Å². The Morgan fingerprint density at radius 2 is 2.06 bits per heavy atom. The lowest BCUT2D eigenvalue weighted by atomic mass is 9.74. The van der Waals surface area contributed by atoms with Crippen LogP contribution in [0.15, 0.2) is 24.3 Å². The lowest BCUT2D eigenvalue weighted by molar-refractivity contribution is -0.119. The van der Waals surface area contributed by atoms with Crippen molar-refractivity contribution in [1.82, 2.24) is 10.6 Å². The molecule has 96 valence electrons. The van der Waals surface area contributed by atoms with Gasteiger partial charge in [0.15, 0.2) is 0 Å². The summed E-state index contributed by atoms with van der Waals surface area (Å²) in [6, 6.07) is 8.83. The van der Waals surface area contributed by atoms with Crippen molar-refractivity contribution >= 4 is 5.91 Å². The van der Waals surface area contributed by atoms with Gasteiger partial charge in [0, 0.05) is 12.3 Å². The molecule has 0 unspecified atom stereocenters. The van der Waals surface area contributed by atoms with E-state index in [1.165, 1.54) is 24.0 Å². The summed E-state index contributed by atoms with van der Waals surface area (Å²) >= 11 is 0. The fourth-order valence-corrected chi connectivity index (χ4v) is 3.65. The topological polar surface area (TPSA) is 41.1 Å². The van der Waals surface area contributed by atoms with E-state index in [2.05, 4.69) is 34.9 Å². The van der Waals surface area contributed by atoms with Gasteiger partial charge in [0.2, 0.25) is 5.91 Å². The van der Waals surface area contributed by atoms with E-state index in [1.807, 2.05) is 0 Å². The van der Waals surface area contributed by atoms with Gasteiger partial charge >= 0.3 is 0 Å². The zero-order chi connectivity index (χ0) is 12.6. The van der Waals surface area contributed by atoms with Crippen LogP contribution in [0.2, 0.25) is 0 Å². The number of benzene rings is 1. The summed E-state index contributed by atoms with van der Waals surface area (Å²) in [7, 11) is 0. The molecule has 0 bridgehead atoms. The summed E-state index contributed by atoms with van der Waals surface area (Å²) < 4.78 is 0. The van der Waals surface area contributed by atoms with Gasteiger partial charge < -0.3 is 10.6 Å². The van der Waals surface area contributed by atoms with Crippen molar-refractivity contribution in [3.63, 3.8) is 0 Å². The Hall–Kier alpha value is -1.35. The first-order chi connectivity index (χ1) is 8.71. The van der Waals surface area contributed by atoms with Crippen LogP contribution in [0, 0.1) is 0 Å². The lowest BCUT2D eigenvalue weighted by Gasteiger charge is -2.35. The van der Waals surface area contributed by atoms with Crippen LogP contribution in [-0.2, 0) is 10.2 Å². The lowest BCUT2D eigenvalue weighted by Crippen LogP contribution is -2.39. The minimum absolute atomic E-state index is 0.0702. The molecule has 1 aromatic carbocycles. The molecule has 18 heavy (non-hydrogen) atoms. The Bertz CT molecular complexity index is 463. The first kappa shape index (κ1) is 11.7. The molecule has 1 spiro atoms. The summed E-state index contributed by atoms with van der Waals surface area (Å²) in [5, 5.41) is 6.55. The van der Waals surface area contributed by atoms with E-state index in [-0.39, 0.29) is 17.4 Å². The Morgan fingerprint density at radius 3 is 2.78 bits per heavy atom. The highest BCUT2D eigenvalue weighted by Gasteiger charge is 2.44. The van der Waals surface area contributed by atoms with Crippen LogP contribution < -0.4 is 10.6 Å². The van der Waals surface area contributed by atoms with E-state index in [0.717, 1.165) is 19.5 Å². The fraction of sp³-hybridized carbons (Fsp3) is 0.533. The molecule has 1 heterocycles. The van der Waals surface area contributed by atoms with Crippen LogP contribution in [0.25, 0.3) is 0 Å². The number of amides is 1. The molecule has 1 fully saturated rings. The summed E-state index contributed by atoms with van der Waals surface area (Å²) in [6.45, 7) is 3.78. The Balaban J connectivity index is 1.98. The maximum Gasteiger partial charge on any atom is 0.217 e. The highest BCUT2D eigenvalue weighted by atomic mass is 16.1. The van der Waals surface area contributed by atoms with Crippen LogP contribution in [0.3, 0.4) is 0 Å². The van der Waals surface area contributed by atoms with E-state index in [4.69, 9.17) is 0 Å². The first-order valence-corrected chi connectivity index (χ1v) is 6.78. The molecule has 1 aliphatic carbocycles. The monoisotopic (exact) mass is 244 g/mol. The molecule has 3 heteroatoms. The predicted octanol–water partition coefficient (Wildman–Crippen LogP) is 1.89. The van der Waals surface area contributed by atoms with Crippen molar-refractivity contribution in [2.75, 3.05) is 13.1 Å². The second-order valence-electron chi connectivity index (χ2n) is 5.57. The number of carbonyl (C=O) groups is 1. The zero-order valence-electron chi connectivity index (χ0n) is 10.8. The molecule has 1 aromatic rings. The highest BCUT2D eigenvalue weighted by molar-refractivity contribution is 5.73. The zero-order valence-corrected chi connectivity index (χ0v) is 10.8. The Morgan fingerprint density at radius 1 is 1.33 bits per heavy atom. The van der Waals surface area contributed by atoms with Gasteiger partial charge in [-0.3, -0.25) is 4.79 Å². The van der Waals surface area contributed by atoms with Crippen molar-refractivity contribution in [2.24, 2.45) is 0 Å². The highest BCUT2D eigenvalue weighted by Crippen LogP contribution is 2.49. The summed E-state index contributed by atoms with van der Waals surface area (Å²) in [5.74, 6) is 0.0702. The van der Waals surface area contributed by atoms with E-state index < -0.39 is 0 Å². The number of fused-ring (bicyclic) bond motifs is 2. The SMILES string of the molecule is CC(=O)N[C@H]1CC2(CCNCC2)c2ccccc21. The van der Waals surface area contributed by atoms with E-state index in [0.29, 0.717) is 0 Å².